The number of nitrogens with zero attached hydrogens (tertiary/aromatic N) is 3. The number of aliphatic hydroxyl groups is 1. The fourth-order valence-corrected chi connectivity index (χ4v) is 4.82. The van der Waals surface area contributed by atoms with Gasteiger partial charge in [0.25, 0.3) is 5.69 Å². The lowest BCUT2D eigenvalue weighted by atomic mass is 9.83. The van der Waals surface area contributed by atoms with Gasteiger partial charge in [0.1, 0.15) is 17.3 Å². The number of hydrogen-bond donors (Lipinski definition) is 1. The summed E-state index contributed by atoms with van der Waals surface area (Å²) < 4.78 is 5.42. The predicted octanol–water partition coefficient (Wildman–Crippen LogP) is 2.65. The summed E-state index contributed by atoms with van der Waals surface area (Å²) in [5.41, 5.74) is 0.704. The Morgan fingerprint density at radius 2 is 2.10 bits per heavy atom. The van der Waals surface area contributed by atoms with E-state index in [2.05, 4.69) is 4.98 Å². The largest absolute Gasteiger partial charge is 0.456 e. The zero-order valence-corrected chi connectivity index (χ0v) is 17.3. The number of carbonyl (C=O) groups is 2. The number of nitro benzene ring substituents is 1. The summed E-state index contributed by atoms with van der Waals surface area (Å²) in [4.78, 5) is 42.1. The molecule has 3 unspecified atom stereocenters. The number of pyridine rings is 1. The molecule has 0 aliphatic carbocycles. The Hall–Kier alpha value is -3.24. The molecule has 1 aromatic carbocycles. The molecule has 2 aliphatic rings. The smallest absolute Gasteiger partial charge is 0.356 e. The number of amides is 1. The number of esters is 1. The van der Waals surface area contributed by atoms with Gasteiger partial charge in [0.2, 0.25) is 5.91 Å². The van der Waals surface area contributed by atoms with Gasteiger partial charge in [-0.3, -0.25) is 14.9 Å². The number of benzene rings is 1. The predicted molar refractivity (Wildman–Crippen MR) is 110 cm³/mol. The zero-order valence-electron chi connectivity index (χ0n) is 16.5. The Bertz CT molecular complexity index is 1050. The molecule has 1 fully saturated rings. The van der Waals surface area contributed by atoms with Gasteiger partial charge in [0.15, 0.2) is 0 Å². The summed E-state index contributed by atoms with van der Waals surface area (Å²) in [6, 6.07) is 10.8. The van der Waals surface area contributed by atoms with Crippen LogP contribution in [0.15, 0.2) is 64.3 Å². The second-order valence-corrected chi connectivity index (χ2v) is 8.40. The number of ether oxygens (including phenoxy) is 1. The molecule has 0 bridgehead atoms. The van der Waals surface area contributed by atoms with Crippen molar-refractivity contribution < 1.29 is 24.4 Å². The van der Waals surface area contributed by atoms with E-state index in [0.717, 1.165) is 0 Å². The highest BCUT2D eigenvalue weighted by Gasteiger charge is 2.57. The number of aliphatic hydroxyl groups excluding tert-OH is 1. The first-order valence-corrected chi connectivity index (χ1v) is 10.4. The van der Waals surface area contributed by atoms with Crippen LogP contribution < -0.4 is 0 Å². The van der Waals surface area contributed by atoms with Gasteiger partial charge >= 0.3 is 5.97 Å². The quantitative estimate of drug-likeness (QED) is 0.301. The summed E-state index contributed by atoms with van der Waals surface area (Å²) in [7, 11) is 0. The summed E-state index contributed by atoms with van der Waals surface area (Å²) in [5.74, 6) is -1.52. The van der Waals surface area contributed by atoms with E-state index >= 15 is 0 Å². The molecule has 3 heterocycles. The van der Waals surface area contributed by atoms with E-state index in [9.17, 15) is 24.8 Å². The van der Waals surface area contributed by atoms with Gasteiger partial charge in [-0.05, 0) is 36.8 Å². The molecule has 4 rings (SSSR count). The Morgan fingerprint density at radius 1 is 1.35 bits per heavy atom. The molecule has 0 spiro atoms. The van der Waals surface area contributed by atoms with Crippen molar-refractivity contribution in [2.45, 2.75) is 37.1 Å². The van der Waals surface area contributed by atoms with Crippen LogP contribution >= 0.6 is 11.8 Å². The Balaban J connectivity index is 1.54. The minimum Gasteiger partial charge on any atom is -0.456 e. The van der Waals surface area contributed by atoms with Crippen LogP contribution in [0, 0.1) is 16.0 Å². The van der Waals surface area contributed by atoms with Crippen LogP contribution in [0.3, 0.4) is 0 Å². The highest BCUT2D eigenvalue weighted by molar-refractivity contribution is 8.03. The number of fused-ring (bicyclic) bond motifs is 1. The van der Waals surface area contributed by atoms with Crippen LogP contribution in [-0.2, 0) is 20.9 Å². The van der Waals surface area contributed by atoms with Crippen molar-refractivity contribution in [2.75, 3.05) is 0 Å². The normalized spacial score (nSPS) is 20.8. The number of nitro groups is 1. The minimum absolute atomic E-state index is 0.0548. The SMILES string of the molecule is CC(O)C1C(=O)N2C(C(=O)OCc3ccc([N+](=O)[O-])cc3)=C(Sc3ccccn3)CC12. The molecule has 1 amide bonds. The molecule has 1 saturated heterocycles. The van der Waals surface area contributed by atoms with E-state index < -0.39 is 22.9 Å². The van der Waals surface area contributed by atoms with Crippen LogP contribution in [0.5, 0.6) is 0 Å². The Morgan fingerprint density at radius 3 is 2.71 bits per heavy atom. The maximum atomic E-state index is 12.9. The van der Waals surface area contributed by atoms with Crippen molar-refractivity contribution in [3.8, 4) is 0 Å². The van der Waals surface area contributed by atoms with Crippen molar-refractivity contribution in [3.05, 3.63) is 74.9 Å². The van der Waals surface area contributed by atoms with Gasteiger partial charge in [-0.2, -0.15) is 0 Å². The third-order valence-corrected chi connectivity index (χ3v) is 6.32. The first kappa shape index (κ1) is 21.0. The molecule has 1 aromatic heterocycles. The number of non-ortho nitro benzene ring substituents is 1. The number of β-lactam (4-membered cyclic amide) rings is 1. The summed E-state index contributed by atoms with van der Waals surface area (Å²) in [6.07, 6.45) is 1.26. The molecule has 1 N–H and O–H groups in total. The second kappa shape index (κ2) is 8.48. The molecule has 2 aliphatic heterocycles. The molecular weight excluding hydrogens is 422 g/mol. The molecule has 0 radical (unpaired) electrons. The van der Waals surface area contributed by atoms with E-state index in [0.29, 0.717) is 21.9 Å². The fourth-order valence-electron chi connectivity index (χ4n) is 3.78. The maximum Gasteiger partial charge on any atom is 0.356 e. The minimum atomic E-state index is -0.815. The Kier molecular flexibility index (Phi) is 5.75. The number of thioether (sulfide) groups is 1. The molecule has 10 heteroatoms. The average Bonchev–Trinajstić information content (AvgIpc) is 3.06. The summed E-state index contributed by atoms with van der Waals surface area (Å²) >= 11 is 1.29. The highest BCUT2D eigenvalue weighted by Crippen LogP contribution is 2.48. The molecule has 9 nitrogen and oxygen atoms in total. The molecule has 0 saturated carbocycles. The van der Waals surface area contributed by atoms with Crippen molar-refractivity contribution in [3.63, 3.8) is 0 Å². The van der Waals surface area contributed by atoms with Gasteiger partial charge in [-0.1, -0.05) is 17.8 Å². The van der Waals surface area contributed by atoms with Crippen molar-refractivity contribution in [1.82, 2.24) is 9.88 Å². The second-order valence-electron chi connectivity index (χ2n) is 7.29. The zero-order chi connectivity index (χ0) is 22.1. The molecule has 2 aromatic rings. The topological polar surface area (TPSA) is 123 Å². The van der Waals surface area contributed by atoms with E-state index in [4.69, 9.17) is 4.74 Å². The van der Waals surface area contributed by atoms with Crippen LogP contribution in [-0.4, -0.2) is 43.9 Å². The van der Waals surface area contributed by atoms with E-state index in [1.165, 1.54) is 40.9 Å². The van der Waals surface area contributed by atoms with Crippen molar-refractivity contribution in [2.24, 2.45) is 5.92 Å². The third-order valence-electron chi connectivity index (χ3n) is 5.26. The van der Waals surface area contributed by atoms with E-state index in [1.807, 2.05) is 6.07 Å². The molecule has 160 valence electrons. The van der Waals surface area contributed by atoms with Crippen LogP contribution in [0.25, 0.3) is 0 Å². The first-order valence-electron chi connectivity index (χ1n) is 9.60. The van der Waals surface area contributed by atoms with Gasteiger partial charge < -0.3 is 14.7 Å². The van der Waals surface area contributed by atoms with Gasteiger partial charge in [-0.25, -0.2) is 9.78 Å². The van der Waals surface area contributed by atoms with Gasteiger partial charge in [0.05, 0.1) is 23.0 Å². The van der Waals surface area contributed by atoms with E-state index in [1.54, 1.807) is 25.3 Å². The number of hydrogen-bond acceptors (Lipinski definition) is 8. The lowest BCUT2D eigenvalue weighted by Crippen LogP contribution is -2.61. The molecule has 3 atom stereocenters. The van der Waals surface area contributed by atoms with Crippen LogP contribution in [0.2, 0.25) is 0 Å². The van der Waals surface area contributed by atoms with E-state index in [-0.39, 0.29) is 29.9 Å². The van der Waals surface area contributed by atoms with Crippen LogP contribution in [0.1, 0.15) is 18.9 Å². The number of aromatic nitrogens is 1. The summed E-state index contributed by atoms with van der Waals surface area (Å²) in [5, 5.41) is 21.4. The van der Waals surface area contributed by atoms with Gasteiger partial charge in [-0.15, -0.1) is 0 Å². The number of carbonyl (C=O) groups excluding carboxylic acids is 2. The maximum absolute atomic E-state index is 12.9. The monoisotopic (exact) mass is 441 g/mol. The molecule has 31 heavy (non-hydrogen) atoms. The lowest BCUT2D eigenvalue weighted by molar-refractivity contribution is -0.384. The lowest BCUT2D eigenvalue weighted by Gasteiger charge is -2.44. The highest BCUT2D eigenvalue weighted by atomic mass is 32.2. The Labute approximate surface area is 181 Å². The molecular formula is C21H19N3O6S. The van der Waals surface area contributed by atoms with Gasteiger partial charge in [0, 0.05) is 29.7 Å². The average molecular weight is 441 g/mol. The summed E-state index contributed by atoms with van der Waals surface area (Å²) in [6.45, 7) is 1.48. The first-order chi connectivity index (χ1) is 14.9. The van der Waals surface area contributed by atoms with Crippen molar-refractivity contribution in [1.29, 1.82) is 0 Å². The third kappa shape index (κ3) is 4.04. The standard InChI is InChI=1S/C21H19N3O6S/c1-12(25)18-15-10-16(31-17-4-2-3-9-22-17)19(23(15)20(18)26)21(27)30-11-13-5-7-14(8-6-13)24(28)29/h2-9,12,15,18,25H,10-11H2,1H3. The van der Waals surface area contributed by atoms with Crippen LogP contribution in [0.4, 0.5) is 5.69 Å². The fraction of sp³-hybridized carbons (Fsp3) is 0.286. The van der Waals surface area contributed by atoms with Crippen molar-refractivity contribution >= 4 is 29.3 Å². The number of rotatable bonds is 7.